The van der Waals surface area contributed by atoms with E-state index in [0.29, 0.717) is 5.69 Å². The van der Waals surface area contributed by atoms with Crippen LogP contribution in [-0.2, 0) is 0 Å². The van der Waals surface area contributed by atoms with Gasteiger partial charge in [-0.1, -0.05) is 38.1 Å². The molecule has 4 nitrogen and oxygen atoms in total. The highest BCUT2D eigenvalue weighted by molar-refractivity contribution is 6.05. The zero-order valence-electron chi connectivity index (χ0n) is 12.1. The fourth-order valence-electron chi connectivity index (χ4n) is 1.85. The van der Waals surface area contributed by atoms with Crippen molar-refractivity contribution in [1.29, 1.82) is 0 Å². The Labute approximate surface area is 118 Å². The Morgan fingerprint density at radius 1 is 1.35 bits per heavy atom. The van der Waals surface area contributed by atoms with E-state index >= 15 is 0 Å². The SMILES string of the molecule is CC(C)C(C)(O)CNC(=O)c1nccc2ccccc12. The molecule has 1 aromatic carbocycles. The fourth-order valence-corrected chi connectivity index (χ4v) is 1.85. The maximum absolute atomic E-state index is 12.2. The van der Waals surface area contributed by atoms with E-state index < -0.39 is 5.60 Å². The van der Waals surface area contributed by atoms with Gasteiger partial charge < -0.3 is 10.4 Å². The van der Waals surface area contributed by atoms with Crippen molar-refractivity contribution in [2.45, 2.75) is 26.4 Å². The molecule has 106 valence electrons. The van der Waals surface area contributed by atoms with Crippen molar-refractivity contribution in [3.63, 3.8) is 0 Å². The first-order chi connectivity index (χ1) is 9.42. The third kappa shape index (κ3) is 2.96. The Kier molecular flexibility index (Phi) is 4.04. The number of nitrogens with one attached hydrogen (secondary N) is 1. The van der Waals surface area contributed by atoms with Crippen molar-refractivity contribution in [1.82, 2.24) is 10.3 Å². The first-order valence-corrected chi connectivity index (χ1v) is 6.76. The van der Waals surface area contributed by atoms with Crippen LogP contribution in [0.4, 0.5) is 0 Å². The first kappa shape index (κ1) is 14.5. The summed E-state index contributed by atoms with van der Waals surface area (Å²) >= 11 is 0. The quantitative estimate of drug-likeness (QED) is 0.898. The highest BCUT2D eigenvalue weighted by atomic mass is 16.3. The largest absolute Gasteiger partial charge is 0.388 e. The van der Waals surface area contributed by atoms with Crippen LogP contribution in [0.25, 0.3) is 10.8 Å². The van der Waals surface area contributed by atoms with Gasteiger partial charge in [-0.05, 0) is 24.3 Å². The number of benzene rings is 1. The maximum atomic E-state index is 12.2. The molecule has 4 heteroatoms. The number of hydrogen-bond acceptors (Lipinski definition) is 3. The smallest absolute Gasteiger partial charge is 0.270 e. The highest BCUT2D eigenvalue weighted by Crippen LogP contribution is 2.17. The molecule has 0 saturated heterocycles. The number of aromatic nitrogens is 1. The molecule has 0 radical (unpaired) electrons. The molecular formula is C16H20N2O2. The zero-order valence-corrected chi connectivity index (χ0v) is 12.1. The average molecular weight is 272 g/mol. The lowest BCUT2D eigenvalue weighted by atomic mass is 9.92. The van der Waals surface area contributed by atoms with Crippen LogP contribution in [0.3, 0.4) is 0 Å². The lowest BCUT2D eigenvalue weighted by molar-refractivity contribution is 0.0142. The summed E-state index contributed by atoms with van der Waals surface area (Å²) in [5.41, 5.74) is -0.539. The summed E-state index contributed by atoms with van der Waals surface area (Å²) in [6.45, 7) is 5.76. The van der Waals surface area contributed by atoms with Crippen LogP contribution in [-0.4, -0.2) is 28.1 Å². The molecule has 0 aliphatic heterocycles. The minimum absolute atomic E-state index is 0.0586. The van der Waals surface area contributed by atoms with Gasteiger partial charge in [0.1, 0.15) is 5.69 Å². The van der Waals surface area contributed by atoms with Crippen molar-refractivity contribution < 1.29 is 9.90 Å². The van der Waals surface area contributed by atoms with Gasteiger partial charge >= 0.3 is 0 Å². The molecule has 20 heavy (non-hydrogen) atoms. The molecule has 2 N–H and O–H groups in total. The van der Waals surface area contributed by atoms with Crippen molar-refractivity contribution >= 4 is 16.7 Å². The molecule has 0 spiro atoms. The van der Waals surface area contributed by atoms with E-state index in [1.165, 1.54) is 0 Å². The Hall–Kier alpha value is -1.94. The van der Waals surface area contributed by atoms with Gasteiger partial charge in [0.2, 0.25) is 0 Å². The fraction of sp³-hybridized carbons (Fsp3) is 0.375. The van der Waals surface area contributed by atoms with E-state index in [2.05, 4.69) is 10.3 Å². The molecule has 1 atom stereocenters. The van der Waals surface area contributed by atoms with Gasteiger partial charge in [-0.3, -0.25) is 9.78 Å². The van der Waals surface area contributed by atoms with E-state index in [4.69, 9.17) is 0 Å². The van der Waals surface area contributed by atoms with Crippen LogP contribution in [0.5, 0.6) is 0 Å². The lowest BCUT2D eigenvalue weighted by Gasteiger charge is -2.27. The molecule has 1 amide bonds. The van der Waals surface area contributed by atoms with Crippen molar-refractivity contribution in [2.75, 3.05) is 6.54 Å². The number of carbonyl (C=O) groups is 1. The topological polar surface area (TPSA) is 62.2 Å². The summed E-state index contributed by atoms with van der Waals surface area (Å²) < 4.78 is 0. The minimum atomic E-state index is -0.930. The monoisotopic (exact) mass is 272 g/mol. The predicted molar refractivity (Wildman–Crippen MR) is 79.5 cm³/mol. The summed E-state index contributed by atoms with van der Waals surface area (Å²) in [5.74, 6) is -0.203. The molecule has 0 aliphatic rings. The van der Waals surface area contributed by atoms with E-state index in [1.54, 1.807) is 13.1 Å². The zero-order chi connectivity index (χ0) is 14.8. The van der Waals surface area contributed by atoms with Gasteiger partial charge in [-0.15, -0.1) is 0 Å². The van der Waals surface area contributed by atoms with Crippen LogP contribution in [0.2, 0.25) is 0 Å². The van der Waals surface area contributed by atoms with Crippen molar-refractivity contribution in [3.8, 4) is 0 Å². The summed E-state index contributed by atoms with van der Waals surface area (Å²) in [6, 6.07) is 9.49. The number of rotatable bonds is 4. The molecular weight excluding hydrogens is 252 g/mol. The van der Waals surface area contributed by atoms with Crippen LogP contribution >= 0.6 is 0 Å². The summed E-state index contributed by atoms with van der Waals surface area (Å²) in [6.07, 6.45) is 1.62. The molecule has 2 rings (SSSR count). The first-order valence-electron chi connectivity index (χ1n) is 6.76. The van der Waals surface area contributed by atoms with E-state index in [0.717, 1.165) is 10.8 Å². The van der Waals surface area contributed by atoms with Gasteiger partial charge in [0.25, 0.3) is 5.91 Å². The number of pyridine rings is 1. The molecule has 0 fully saturated rings. The molecule has 0 saturated carbocycles. The number of aliphatic hydroxyl groups is 1. The highest BCUT2D eigenvalue weighted by Gasteiger charge is 2.26. The van der Waals surface area contributed by atoms with Crippen molar-refractivity contribution in [3.05, 3.63) is 42.2 Å². The second kappa shape index (κ2) is 5.59. The molecule has 0 aliphatic carbocycles. The van der Waals surface area contributed by atoms with Gasteiger partial charge in [-0.2, -0.15) is 0 Å². The third-order valence-electron chi connectivity index (χ3n) is 3.74. The standard InChI is InChI=1S/C16H20N2O2/c1-11(2)16(3,20)10-18-15(19)14-13-7-5-4-6-12(13)8-9-17-14/h4-9,11,20H,10H2,1-3H3,(H,18,19). The molecule has 2 aromatic rings. The number of carbonyl (C=O) groups excluding carboxylic acids is 1. The van der Waals surface area contributed by atoms with Crippen LogP contribution in [0, 0.1) is 5.92 Å². The van der Waals surface area contributed by atoms with Crippen LogP contribution in [0.1, 0.15) is 31.3 Å². The number of hydrogen-bond donors (Lipinski definition) is 2. The number of amides is 1. The lowest BCUT2D eigenvalue weighted by Crippen LogP contribution is -2.44. The number of nitrogens with zero attached hydrogens (tertiary/aromatic N) is 1. The maximum Gasteiger partial charge on any atom is 0.270 e. The number of fused-ring (bicyclic) bond motifs is 1. The predicted octanol–water partition coefficient (Wildman–Crippen LogP) is 2.37. The second-order valence-corrected chi connectivity index (χ2v) is 5.58. The summed E-state index contributed by atoms with van der Waals surface area (Å²) in [4.78, 5) is 16.4. The molecule has 0 bridgehead atoms. The summed E-state index contributed by atoms with van der Waals surface area (Å²) in [5, 5.41) is 14.7. The third-order valence-corrected chi connectivity index (χ3v) is 3.74. The van der Waals surface area contributed by atoms with Gasteiger partial charge in [0, 0.05) is 18.1 Å². The van der Waals surface area contributed by atoms with E-state index in [1.807, 2.05) is 44.2 Å². The molecule has 1 heterocycles. The minimum Gasteiger partial charge on any atom is -0.388 e. The second-order valence-electron chi connectivity index (χ2n) is 5.58. The van der Waals surface area contributed by atoms with Crippen molar-refractivity contribution in [2.24, 2.45) is 5.92 Å². The molecule has 1 aromatic heterocycles. The van der Waals surface area contributed by atoms with Crippen LogP contribution < -0.4 is 5.32 Å². The summed E-state index contributed by atoms with van der Waals surface area (Å²) in [7, 11) is 0. The Morgan fingerprint density at radius 3 is 2.75 bits per heavy atom. The normalized spacial score (nSPS) is 14.2. The van der Waals surface area contributed by atoms with E-state index in [-0.39, 0.29) is 18.4 Å². The van der Waals surface area contributed by atoms with Gasteiger partial charge in [0.05, 0.1) is 5.60 Å². The van der Waals surface area contributed by atoms with Gasteiger partial charge in [-0.25, -0.2) is 0 Å². The molecule has 1 unspecified atom stereocenters. The Balaban J connectivity index is 2.20. The average Bonchev–Trinajstić information content (AvgIpc) is 2.44. The Morgan fingerprint density at radius 2 is 2.05 bits per heavy atom. The van der Waals surface area contributed by atoms with Crippen LogP contribution in [0.15, 0.2) is 36.5 Å². The van der Waals surface area contributed by atoms with Gasteiger partial charge in [0.15, 0.2) is 0 Å². The van der Waals surface area contributed by atoms with E-state index in [9.17, 15) is 9.90 Å². The Bertz CT molecular complexity index is 615.